The van der Waals surface area contributed by atoms with Crippen LogP contribution in [0.2, 0.25) is 0 Å². The molecule has 40 heavy (non-hydrogen) atoms. The molecule has 0 saturated heterocycles. The van der Waals surface area contributed by atoms with Crippen LogP contribution in [-0.2, 0) is 30.3 Å². The van der Waals surface area contributed by atoms with E-state index in [1.807, 2.05) is 70.2 Å². The van der Waals surface area contributed by atoms with Gasteiger partial charge in [0.25, 0.3) is 0 Å². The lowest BCUT2D eigenvalue weighted by Gasteiger charge is -2.45. The number of esters is 1. The third kappa shape index (κ3) is 9.10. The highest BCUT2D eigenvalue weighted by atomic mass is 16.6. The number of alkyl carbamates (subject to hydrolysis) is 1. The molecule has 0 fully saturated rings. The van der Waals surface area contributed by atoms with Crippen LogP contribution in [0.4, 0.5) is 4.79 Å². The summed E-state index contributed by atoms with van der Waals surface area (Å²) in [7, 11) is 1.24. The van der Waals surface area contributed by atoms with Crippen molar-refractivity contribution >= 4 is 23.9 Å². The number of carbonyl (C=O) groups is 4. The average Bonchev–Trinajstić information content (AvgIpc) is 2.89. The van der Waals surface area contributed by atoms with Gasteiger partial charge in [0.15, 0.2) is 0 Å². The van der Waals surface area contributed by atoms with E-state index in [0.29, 0.717) is 12.0 Å². The Labute approximate surface area is 237 Å². The van der Waals surface area contributed by atoms with Gasteiger partial charge in [0.1, 0.15) is 24.2 Å². The summed E-state index contributed by atoms with van der Waals surface area (Å²) in [6.07, 6.45) is -0.0475. The maximum atomic E-state index is 14.6. The van der Waals surface area contributed by atoms with E-state index in [2.05, 4.69) is 10.6 Å². The highest BCUT2D eigenvalue weighted by Gasteiger charge is 2.43. The summed E-state index contributed by atoms with van der Waals surface area (Å²) in [4.78, 5) is 54.7. The van der Waals surface area contributed by atoms with Gasteiger partial charge in [0.2, 0.25) is 11.8 Å². The third-order valence-electron chi connectivity index (χ3n) is 6.65. The number of aryl methyl sites for hydroxylation is 1. The molecule has 0 aliphatic carbocycles. The molecule has 9 heteroatoms. The molecule has 2 unspecified atom stereocenters. The fourth-order valence-corrected chi connectivity index (χ4v) is 4.23. The molecule has 2 N–H and O–H groups in total. The van der Waals surface area contributed by atoms with E-state index in [-0.39, 0.29) is 13.0 Å². The minimum Gasteiger partial charge on any atom is -0.468 e. The molecule has 3 amide bonds. The predicted molar refractivity (Wildman–Crippen MR) is 153 cm³/mol. The van der Waals surface area contributed by atoms with Gasteiger partial charge >= 0.3 is 12.1 Å². The number of benzene rings is 2. The molecule has 0 aromatic heterocycles. The van der Waals surface area contributed by atoms with Crippen LogP contribution in [0.3, 0.4) is 0 Å². The molecule has 9 nitrogen and oxygen atoms in total. The summed E-state index contributed by atoms with van der Waals surface area (Å²) in [5.41, 5.74) is 0.635. The molecule has 0 spiro atoms. The van der Waals surface area contributed by atoms with E-state index in [9.17, 15) is 19.2 Å². The number of ether oxygens (including phenoxy) is 2. The Bertz CT molecular complexity index is 1170. The van der Waals surface area contributed by atoms with Gasteiger partial charge in [0, 0.05) is 12.0 Å². The lowest BCUT2D eigenvalue weighted by molar-refractivity contribution is -0.150. The van der Waals surface area contributed by atoms with Gasteiger partial charge in [-0.05, 0) is 64.7 Å². The van der Waals surface area contributed by atoms with Gasteiger partial charge in [-0.1, -0.05) is 61.5 Å². The summed E-state index contributed by atoms with van der Waals surface area (Å²) < 4.78 is 10.2. The smallest absolute Gasteiger partial charge is 0.408 e. The molecule has 2 rings (SSSR count). The Morgan fingerprint density at radius 3 is 2.08 bits per heavy atom. The summed E-state index contributed by atoms with van der Waals surface area (Å²) in [5, 5.41) is 5.39. The van der Waals surface area contributed by atoms with E-state index >= 15 is 0 Å². The summed E-state index contributed by atoms with van der Waals surface area (Å²) in [6, 6.07) is 14.5. The molecule has 0 aliphatic rings. The largest absolute Gasteiger partial charge is 0.468 e. The Kier molecular flexibility index (Phi) is 11.3. The zero-order valence-electron chi connectivity index (χ0n) is 24.9. The molecule has 0 bridgehead atoms. The van der Waals surface area contributed by atoms with Crippen LogP contribution >= 0.6 is 0 Å². The van der Waals surface area contributed by atoms with Crippen LogP contribution in [0.15, 0.2) is 54.6 Å². The molecule has 0 saturated carbocycles. The second-order valence-electron chi connectivity index (χ2n) is 11.3. The molecular weight excluding hydrogens is 510 g/mol. The molecule has 218 valence electrons. The molecule has 0 heterocycles. The zero-order valence-corrected chi connectivity index (χ0v) is 24.9. The lowest BCUT2D eigenvalue weighted by Crippen LogP contribution is -2.60. The number of methoxy groups -OCH3 is 1. The minimum atomic E-state index is -1.09. The molecule has 2 atom stereocenters. The van der Waals surface area contributed by atoms with Crippen molar-refractivity contribution in [1.29, 1.82) is 0 Å². The maximum Gasteiger partial charge on any atom is 0.408 e. The highest BCUT2D eigenvalue weighted by molar-refractivity contribution is 5.94. The number of carbonyl (C=O) groups excluding carboxylic acids is 4. The molecule has 2 aromatic rings. The predicted octanol–water partition coefficient (Wildman–Crippen LogP) is 4.48. The first-order valence-corrected chi connectivity index (χ1v) is 13.5. The lowest BCUT2D eigenvalue weighted by atomic mass is 9.89. The van der Waals surface area contributed by atoms with Crippen molar-refractivity contribution < 1.29 is 28.7 Å². The van der Waals surface area contributed by atoms with E-state index < -0.39 is 47.1 Å². The third-order valence-corrected chi connectivity index (χ3v) is 6.65. The average molecular weight is 554 g/mol. The van der Waals surface area contributed by atoms with Gasteiger partial charge in [-0.3, -0.25) is 14.4 Å². The first-order valence-electron chi connectivity index (χ1n) is 13.5. The van der Waals surface area contributed by atoms with Gasteiger partial charge in [0.05, 0.1) is 7.11 Å². The van der Waals surface area contributed by atoms with E-state index in [0.717, 1.165) is 11.1 Å². The van der Waals surface area contributed by atoms with Crippen molar-refractivity contribution in [3.63, 3.8) is 0 Å². The van der Waals surface area contributed by atoms with Crippen LogP contribution < -0.4 is 10.6 Å². The van der Waals surface area contributed by atoms with Crippen LogP contribution in [0, 0.1) is 6.92 Å². The standard InChI is InChI=1S/C31H43N3O6/c1-9-31(6,7)34(26(23-18-14-13-15-21(23)2)27(36)32-20-25(35)39-8)28(37)24(19-22-16-11-10-12-17-22)33-29(38)40-30(3,4)5/h10-18,24,26H,9,19-20H2,1-8H3,(H,32,36)(H,33,38). The monoisotopic (exact) mass is 553 g/mol. The zero-order chi connectivity index (χ0) is 30.1. The van der Waals surface area contributed by atoms with Crippen LogP contribution in [0.5, 0.6) is 0 Å². The number of nitrogens with one attached hydrogen (secondary N) is 2. The number of amides is 3. The molecule has 2 aromatic carbocycles. The fourth-order valence-electron chi connectivity index (χ4n) is 4.23. The maximum absolute atomic E-state index is 14.6. The van der Waals surface area contributed by atoms with Crippen molar-refractivity contribution in [2.75, 3.05) is 13.7 Å². The molecular formula is C31H43N3O6. The van der Waals surface area contributed by atoms with Gasteiger partial charge in [-0.25, -0.2) is 4.79 Å². The summed E-state index contributed by atoms with van der Waals surface area (Å²) >= 11 is 0. The van der Waals surface area contributed by atoms with Crippen molar-refractivity contribution in [1.82, 2.24) is 15.5 Å². The second kappa shape index (κ2) is 14.0. The van der Waals surface area contributed by atoms with Crippen molar-refractivity contribution in [2.24, 2.45) is 0 Å². The number of nitrogens with zero attached hydrogens (tertiary/aromatic N) is 1. The van der Waals surface area contributed by atoms with Crippen LogP contribution in [-0.4, -0.2) is 59.6 Å². The Morgan fingerprint density at radius 2 is 1.52 bits per heavy atom. The van der Waals surface area contributed by atoms with Gasteiger partial charge in [-0.15, -0.1) is 0 Å². The summed E-state index contributed by atoms with van der Waals surface area (Å²) in [5.74, 6) is -1.61. The van der Waals surface area contributed by atoms with Crippen LogP contribution in [0.1, 0.15) is 70.7 Å². The SMILES string of the molecule is CCC(C)(C)N(C(=O)C(Cc1ccccc1)NC(=O)OC(C)(C)C)C(C(=O)NCC(=O)OC)c1ccccc1C. The molecule has 0 aliphatic heterocycles. The quantitative estimate of drug-likeness (QED) is 0.397. The Balaban J connectivity index is 2.65. The number of hydrogen-bond acceptors (Lipinski definition) is 6. The van der Waals surface area contributed by atoms with Crippen LogP contribution in [0.25, 0.3) is 0 Å². The first-order chi connectivity index (χ1) is 18.7. The Hall–Kier alpha value is -3.88. The van der Waals surface area contributed by atoms with E-state index in [4.69, 9.17) is 9.47 Å². The van der Waals surface area contributed by atoms with Gasteiger partial charge < -0.3 is 25.0 Å². The first kappa shape index (κ1) is 32.3. The topological polar surface area (TPSA) is 114 Å². The minimum absolute atomic E-state index is 0.180. The number of rotatable bonds is 11. The Morgan fingerprint density at radius 1 is 0.925 bits per heavy atom. The van der Waals surface area contributed by atoms with Gasteiger partial charge in [-0.2, -0.15) is 0 Å². The molecule has 0 radical (unpaired) electrons. The van der Waals surface area contributed by atoms with E-state index in [1.54, 1.807) is 32.9 Å². The van der Waals surface area contributed by atoms with Crippen molar-refractivity contribution in [3.05, 3.63) is 71.3 Å². The van der Waals surface area contributed by atoms with Crippen molar-refractivity contribution in [2.45, 2.75) is 84.5 Å². The highest BCUT2D eigenvalue weighted by Crippen LogP contribution is 2.34. The van der Waals surface area contributed by atoms with E-state index in [1.165, 1.54) is 12.0 Å². The fraction of sp³-hybridized carbons (Fsp3) is 0.484. The summed E-state index contributed by atoms with van der Waals surface area (Å²) in [6.45, 7) is 12.4. The normalized spacial score (nSPS) is 13.0. The second-order valence-corrected chi connectivity index (χ2v) is 11.3. The van der Waals surface area contributed by atoms with Crippen molar-refractivity contribution in [3.8, 4) is 0 Å². The number of hydrogen-bond donors (Lipinski definition) is 2.